The molecule has 0 spiro atoms. The quantitative estimate of drug-likeness (QED) is 0.848. The van der Waals surface area contributed by atoms with E-state index in [1.54, 1.807) is 7.11 Å². The van der Waals surface area contributed by atoms with E-state index < -0.39 is 6.10 Å². The molecule has 0 saturated heterocycles. The number of halogens is 1. The van der Waals surface area contributed by atoms with Gasteiger partial charge in [0.05, 0.1) is 12.7 Å². The van der Waals surface area contributed by atoms with Crippen LogP contribution in [0.5, 0.6) is 0 Å². The minimum atomic E-state index is -0.511. The van der Waals surface area contributed by atoms with Crippen molar-refractivity contribution in [3.05, 3.63) is 34.3 Å². The van der Waals surface area contributed by atoms with Crippen molar-refractivity contribution in [2.75, 3.05) is 20.3 Å². The van der Waals surface area contributed by atoms with Gasteiger partial charge in [-0.15, -0.1) is 0 Å². The zero-order valence-electron chi connectivity index (χ0n) is 10.5. The molecule has 0 radical (unpaired) electrons. The highest BCUT2D eigenvalue weighted by Crippen LogP contribution is 2.18. The SMILES string of the molecule is COCC(C)(C)NCC(O)c1cccc(Br)c1. The number of rotatable bonds is 6. The van der Waals surface area contributed by atoms with Gasteiger partial charge in [0.25, 0.3) is 0 Å². The molecule has 0 fully saturated rings. The second-order valence-corrected chi connectivity index (χ2v) is 5.68. The van der Waals surface area contributed by atoms with E-state index in [0.29, 0.717) is 13.2 Å². The zero-order valence-corrected chi connectivity index (χ0v) is 12.1. The maximum atomic E-state index is 10.1. The van der Waals surface area contributed by atoms with Crippen LogP contribution in [0.1, 0.15) is 25.5 Å². The molecular formula is C13H20BrNO2. The Balaban J connectivity index is 2.52. The van der Waals surface area contributed by atoms with Gasteiger partial charge in [-0.3, -0.25) is 0 Å². The molecule has 0 bridgehead atoms. The fourth-order valence-electron chi connectivity index (χ4n) is 1.62. The number of β-amino-alcohol motifs (C(OH)–C–C–N with tert-alkyl or cyclic N) is 1. The lowest BCUT2D eigenvalue weighted by atomic mass is 10.1. The van der Waals surface area contributed by atoms with Crippen molar-refractivity contribution in [3.8, 4) is 0 Å². The number of ether oxygens (including phenoxy) is 1. The van der Waals surface area contributed by atoms with Gasteiger partial charge in [0.1, 0.15) is 0 Å². The molecule has 0 aliphatic rings. The molecule has 3 nitrogen and oxygen atoms in total. The summed E-state index contributed by atoms with van der Waals surface area (Å²) in [5, 5.41) is 13.3. The van der Waals surface area contributed by atoms with E-state index in [0.717, 1.165) is 10.0 Å². The van der Waals surface area contributed by atoms with Gasteiger partial charge < -0.3 is 15.2 Å². The van der Waals surface area contributed by atoms with Crippen LogP contribution in [0.2, 0.25) is 0 Å². The first-order valence-corrected chi connectivity index (χ1v) is 6.41. The third-order valence-electron chi connectivity index (χ3n) is 2.51. The predicted octanol–water partition coefficient (Wildman–Crippen LogP) is 2.50. The Bertz CT molecular complexity index is 355. The average Bonchev–Trinajstić information content (AvgIpc) is 2.26. The third-order valence-corrected chi connectivity index (χ3v) is 3.01. The van der Waals surface area contributed by atoms with Gasteiger partial charge in [0, 0.05) is 23.7 Å². The Labute approximate surface area is 111 Å². The largest absolute Gasteiger partial charge is 0.387 e. The summed E-state index contributed by atoms with van der Waals surface area (Å²) in [4.78, 5) is 0. The maximum absolute atomic E-state index is 10.1. The van der Waals surface area contributed by atoms with E-state index in [4.69, 9.17) is 4.74 Å². The van der Waals surface area contributed by atoms with Crippen LogP contribution in [0.25, 0.3) is 0 Å². The van der Waals surface area contributed by atoms with Crippen LogP contribution in [0.4, 0.5) is 0 Å². The van der Waals surface area contributed by atoms with Gasteiger partial charge in [-0.2, -0.15) is 0 Å². The molecule has 0 aliphatic heterocycles. The van der Waals surface area contributed by atoms with E-state index in [1.807, 2.05) is 38.1 Å². The molecule has 0 aromatic heterocycles. The van der Waals surface area contributed by atoms with Crippen molar-refractivity contribution in [2.24, 2.45) is 0 Å². The highest BCUT2D eigenvalue weighted by Gasteiger charge is 2.18. The van der Waals surface area contributed by atoms with Crippen molar-refractivity contribution < 1.29 is 9.84 Å². The van der Waals surface area contributed by atoms with E-state index >= 15 is 0 Å². The van der Waals surface area contributed by atoms with E-state index in [-0.39, 0.29) is 5.54 Å². The van der Waals surface area contributed by atoms with Crippen molar-refractivity contribution in [1.82, 2.24) is 5.32 Å². The molecule has 2 N–H and O–H groups in total. The summed E-state index contributed by atoms with van der Waals surface area (Å²) in [5.74, 6) is 0. The molecule has 1 atom stereocenters. The molecule has 1 rings (SSSR count). The topological polar surface area (TPSA) is 41.5 Å². The molecule has 1 unspecified atom stereocenters. The van der Waals surface area contributed by atoms with Crippen LogP contribution in [0.3, 0.4) is 0 Å². The van der Waals surface area contributed by atoms with Gasteiger partial charge in [-0.05, 0) is 31.5 Å². The van der Waals surface area contributed by atoms with Gasteiger partial charge in [-0.25, -0.2) is 0 Å². The van der Waals surface area contributed by atoms with E-state index in [9.17, 15) is 5.11 Å². The number of methoxy groups -OCH3 is 1. The summed E-state index contributed by atoms with van der Waals surface area (Å²) in [6.45, 7) is 5.21. The second-order valence-electron chi connectivity index (χ2n) is 4.77. The Kier molecular flexibility index (Phi) is 5.59. The van der Waals surface area contributed by atoms with E-state index in [1.165, 1.54) is 0 Å². The first-order valence-electron chi connectivity index (χ1n) is 5.62. The van der Waals surface area contributed by atoms with Crippen LogP contribution in [0.15, 0.2) is 28.7 Å². The molecule has 1 aromatic carbocycles. The van der Waals surface area contributed by atoms with Gasteiger partial charge in [0.15, 0.2) is 0 Å². The lowest BCUT2D eigenvalue weighted by Gasteiger charge is -2.27. The highest BCUT2D eigenvalue weighted by atomic mass is 79.9. The molecule has 0 heterocycles. The number of nitrogens with one attached hydrogen (secondary N) is 1. The first-order chi connectivity index (χ1) is 7.94. The van der Waals surface area contributed by atoms with Gasteiger partial charge in [-0.1, -0.05) is 28.1 Å². The molecule has 17 heavy (non-hydrogen) atoms. The molecule has 0 saturated carbocycles. The summed E-state index contributed by atoms with van der Waals surface area (Å²) in [5.41, 5.74) is 0.766. The third kappa shape index (κ3) is 5.17. The molecular weight excluding hydrogens is 282 g/mol. The molecule has 96 valence electrons. The minimum Gasteiger partial charge on any atom is -0.387 e. The van der Waals surface area contributed by atoms with Gasteiger partial charge >= 0.3 is 0 Å². The molecule has 0 amide bonds. The monoisotopic (exact) mass is 301 g/mol. The Morgan fingerprint density at radius 2 is 2.18 bits per heavy atom. The maximum Gasteiger partial charge on any atom is 0.0914 e. The first kappa shape index (κ1) is 14.6. The Hall–Kier alpha value is -0.420. The van der Waals surface area contributed by atoms with Crippen molar-refractivity contribution in [3.63, 3.8) is 0 Å². The Morgan fingerprint density at radius 3 is 2.76 bits per heavy atom. The summed E-state index contributed by atoms with van der Waals surface area (Å²) in [6.07, 6.45) is -0.511. The molecule has 4 heteroatoms. The normalized spacial score (nSPS) is 13.7. The second kappa shape index (κ2) is 6.50. The fourth-order valence-corrected chi connectivity index (χ4v) is 2.03. The van der Waals surface area contributed by atoms with Crippen LogP contribution in [-0.2, 0) is 4.74 Å². The fraction of sp³-hybridized carbons (Fsp3) is 0.538. The van der Waals surface area contributed by atoms with Crippen LogP contribution < -0.4 is 5.32 Å². The number of aliphatic hydroxyl groups is 1. The zero-order chi connectivity index (χ0) is 12.9. The van der Waals surface area contributed by atoms with Crippen molar-refractivity contribution in [2.45, 2.75) is 25.5 Å². The van der Waals surface area contributed by atoms with Crippen molar-refractivity contribution in [1.29, 1.82) is 0 Å². The Morgan fingerprint density at radius 1 is 1.47 bits per heavy atom. The summed E-state index contributed by atoms with van der Waals surface area (Å²) >= 11 is 3.39. The van der Waals surface area contributed by atoms with E-state index in [2.05, 4.69) is 21.2 Å². The average molecular weight is 302 g/mol. The number of aliphatic hydroxyl groups excluding tert-OH is 1. The van der Waals surface area contributed by atoms with Crippen LogP contribution in [0, 0.1) is 0 Å². The predicted molar refractivity (Wildman–Crippen MR) is 73.1 cm³/mol. The lowest BCUT2D eigenvalue weighted by molar-refractivity contribution is 0.107. The summed E-state index contributed by atoms with van der Waals surface area (Å²) < 4.78 is 6.09. The van der Waals surface area contributed by atoms with Crippen molar-refractivity contribution >= 4 is 15.9 Å². The highest BCUT2D eigenvalue weighted by molar-refractivity contribution is 9.10. The van der Waals surface area contributed by atoms with Gasteiger partial charge in [0.2, 0.25) is 0 Å². The van der Waals surface area contributed by atoms with Crippen LogP contribution in [-0.4, -0.2) is 30.9 Å². The number of benzene rings is 1. The van der Waals surface area contributed by atoms with Crippen LogP contribution >= 0.6 is 15.9 Å². The summed E-state index contributed by atoms with van der Waals surface area (Å²) in [7, 11) is 1.67. The smallest absolute Gasteiger partial charge is 0.0914 e. The number of hydrogen-bond acceptors (Lipinski definition) is 3. The number of hydrogen-bond donors (Lipinski definition) is 2. The molecule has 1 aromatic rings. The lowest BCUT2D eigenvalue weighted by Crippen LogP contribution is -2.45. The standard InChI is InChI=1S/C13H20BrNO2/c1-13(2,9-17-3)15-8-12(16)10-5-4-6-11(14)7-10/h4-7,12,15-16H,8-9H2,1-3H3. The minimum absolute atomic E-state index is 0.137. The summed E-state index contributed by atoms with van der Waals surface area (Å²) in [6, 6.07) is 7.71. The molecule has 0 aliphatic carbocycles.